The van der Waals surface area contributed by atoms with Gasteiger partial charge in [0.1, 0.15) is 5.60 Å². The molecular weight excluding hydrogens is 419 g/mol. The molecule has 3 fully saturated rings. The number of anilines is 1. The first kappa shape index (κ1) is 23.1. The van der Waals surface area contributed by atoms with Gasteiger partial charge in [-0.1, -0.05) is 0 Å². The lowest BCUT2D eigenvalue weighted by Gasteiger charge is -2.53. The van der Waals surface area contributed by atoms with Gasteiger partial charge in [-0.05, 0) is 46.5 Å². The number of amides is 2. The fourth-order valence-corrected chi connectivity index (χ4v) is 3.78. The highest BCUT2D eigenvalue weighted by molar-refractivity contribution is 6.03. The summed E-state index contributed by atoms with van der Waals surface area (Å²) in [5.74, 6) is -0.450. The van der Waals surface area contributed by atoms with Gasteiger partial charge < -0.3 is 19.5 Å². The van der Waals surface area contributed by atoms with Gasteiger partial charge in [0.25, 0.3) is 5.91 Å². The predicted molar refractivity (Wildman–Crippen MR) is 104 cm³/mol. The van der Waals surface area contributed by atoms with Crippen LogP contribution in [0.2, 0.25) is 0 Å². The number of aromatic nitrogens is 1. The molecule has 0 unspecified atom stereocenters. The van der Waals surface area contributed by atoms with Crippen molar-refractivity contribution in [2.75, 3.05) is 19.0 Å². The number of alkyl halides is 3. The van der Waals surface area contributed by atoms with Crippen LogP contribution in [0.5, 0.6) is 5.88 Å². The average molecular weight is 445 g/mol. The number of rotatable bonds is 4. The third-order valence-electron chi connectivity index (χ3n) is 5.50. The van der Waals surface area contributed by atoms with Crippen molar-refractivity contribution in [2.45, 2.75) is 69.4 Å². The first-order valence-corrected chi connectivity index (χ1v) is 9.85. The van der Waals surface area contributed by atoms with Crippen LogP contribution in [0.3, 0.4) is 0 Å². The molecular formula is C20H26F3N3O5. The van der Waals surface area contributed by atoms with Crippen LogP contribution in [0, 0.1) is 0 Å². The summed E-state index contributed by atoms with van der Waals surface area (Å²) in [6.45, 7) is 4.84. The van der Waals surface area contributed by atoms with Gasteiger partial charge in [-0.2, -0.15) is 13.2 Å². The van der Waals surface area contributed by atoms with Crippen molar-refractivity contribution in [1.29, 1.82) is 0 Å². The molecule has 31 heavy (non-hydrogen) atoms. The zero-order valence-corrected chi connectivity index (χ0v) is 17.8. The maximum atomic E-state index is 13.4. The smallest absolute Gasteiger partial charge is 0.417 e. The van der Waals surface area contributed by atoms with Crippen molar-refractivity contribution in [3.8, 4) is 5.88 Å². The summed E-state index contributed by atoms with van der Waals surface area (Å²) in [5.41, 5.74) is -3.67. The molecule has 172 valence electrons. The fraction of sp³-hybridized carbons (Fsp3) is 0.650. The third kappa shape index (κ3) is 4.86. The van der Waals surface area contributed by atoms with Crippen LogP contribution in [0.25, 0.3) is 0 Å². The van der Waals surface area contributed by atoms with Crippen LogP contribution < -0.4 is 15.4 Å². The van der Waals surface area contributed by atoms with Gasteiger partial charge in [-0.3, -0.25) is 10.1 Å². The number of pyridine rings is 1. The van der Waals surface area contributed by atoms with E-state index in [-0.39, 0.29) is 49.4 Å². The Bertz CT molecular complexity index is 842. The Kier molecular flexibility index (Phi) is 5.85. The molecule has 0 radical (unpaired) electrons. The van der Waals surface area contributed by atoms with Crippen molar-refractivity contribution in [1.82, 2.24) is 10.3 Å². The minimum absolute atomic E-state index is 0.0466. The van der Waals surface area contributed by atoms with Crippen molar-refractivity contribution >= 4 is 17.7 Å². The molecule has 1 aromatic heterocycles. The second-order valence-corrected chi connectivity index (χ2v) is 8.91. The Morgan fingerprint density at radius 3 is 2.29 bits per heavy atom. The standard InChI is InChI=1S/C20H26F3N3O5/c1-17(2,3)31-16(28)25-13-10-24-14(29-4)9-12(13)15(27)26-18-5-7-19(8-6-18,30-11-18)20(21,22)23/h9-10H,5-8,11H2,1-4H3,(H,25,28)(H,26,27). The van der Waals surface area contributed by atoms with Crippen molar-refractivity contribution in [3.63, 3.8) is 0 Å². The van der Waals surface area contributed by atoms with E-state index < -0.39 is 34.9 Å². The Balaban J connectivity index is 1.78. The number of hydrogen-bond acceptors (Lipinski definition) is 6. The van der Waals surface area contributed by atoms with E-state index in [9.17, 15) is 22.8 Å². The largest absolute Gasteiger partial charge is 0.481 e. The Labute approximate surface area is 177 Å². The van der Waals surface area contributed by atoms with Crippen LogP contribution in [0.15, 0.2) is 12.3 Å². The molecule has 1 aromatic rings. The summed E-state index contributed by atoms with van der Waals surface area (Å²) in [6, 6.07) is 1.34. The molecule has 11 heteroatoms. The molecule has 2 N–H and O–H groups in total. The van der Waals surface area contributed by atoms with E-state index in [4.69, 9.17) is 14.2 Å². The molecule has 2 aliphatic heterocycles. The van der Waals surface area contributed by atoms with Crippen LogP contribution in [0.4, 0.5) is 23.7 Å². The summed E-state index contributed by atoms with van der Waals surface area (Å²) in [4.78, 5) is 29.2. The molecule has 2 amide bonds. The number of carbonyl (C=O) groups excluding carboxylic acids is 2. The molecule has 0 spiro atoms. The molecule has 4 rings (SSSR count). The lowest BCUT2D eigenvalue weighted by molar-refractivity contribution is -0.317. The number of carbonyl (C=O) groups is 2. The number of methoxy groups -OCH3 is 1. The summed E-state index contributed by atoms with van der Waals surface area (Å²) >= 11 is 0. The first-order valence-electron chi connectivity index (χ1n) is 9.85. The quantitative estimate of drug-likeness (QED) is 0.731. The van der Waals surface area contributed by atoms with E-state index in [1.165, 1.54) is 19.4 Å². The van der Waals surface area contributed by atoms with E-state index in [1.54, 1.807) is 20.8 Å². The van der Waals surface area contributed by atoms with E-state index in [0.717, 1.165) is 0 Å². The van der Waals surface area contributed by atoms with Crippen LogP contribution in [-0.2, 0) is 9.47 Å². The zero-order valence-electron chi connectivity index (χ0n) is 17.8. The first-order chi connectivity index (χ1) is 14.3. The molecule has 1 saturated carbocycles. The fourth-order valence-electron chi connectivity index (χ4n) is 3.78. The summed E-state index contributed by atoms with van der Waals surface area (Å²) < 4.78 is 55.6. The molecule has 8 nitrogen and oxygen atoms in total. The van der Waals surface area contributed by atoms with Gasteiger partial charge >= 0.3 is 12.3 Å². The SMILES string of the molecule is COc1cc(C(=O)NC23CCC(C(F)(F)F)(CC2)OC3)c(NC(=O)OC(C)(C)C)cn1. The number of halogens is 3. The predicted octanol–water partition coefficient (Wildman–Crippen LogP) is 3.81. The summed E-state index contributed by atoms with van der Waals surface area (Å²) in [5, 5.41) is 5.29. The van der Waals surface area contributed by atoms with Crippen LogP contribution in [-0.4, -0.2) is 53.6 Å². The van der Waals surface area contributed by atoms with Crippen molar-refractivity contribution < 1.29 is 37.0 Å². The molecule has 1 aliphatic carbocycles. The van der Waals surface area contributed by atoms with Gasteiger partial charge in [0.15, 0.2) is 5.60 Å². The molecule has 2 bridgehead atoms. The minimum Gasteiger partial charge on any atom is -0.481 e. The maximum absolute atomic E-state index is 13.4. The Morgan fingerprint density at radius 1 is 1.16 bits per heavy atom. The number of nitrogens with one attached hydrogen (secondary N) is 2. The zero-order chi connectivity index (χ0) is 23.1. The monoisotopic (exact) mass is 445 g/mol. The second kappa shape index (κ2) is 7.85. The minimum atomic E-state index is -4.45. The number of ether oxygens (including phenoxy) is 3. The Hall–Kier alpha value is -2.56. The highest BCUT2D eigenvalue weighted by Gasteiger charge is 2.63. The third-order valence-corrected chi connectivity index (χ3v) is 5.50. The second-order valence-electron chi connectivity index (χ2n) is 8.91. The van der Waals surface area contributed by atoms with Gasteiger partial charge in [-0.25, -0.2) is 9.78 Å². The van der Waals surface area contributed by atoms with Gasteiger partial charge in [0.05, 0.1) is 36.7 Å². The summed E-state index contributed by atoms with van der Waals surface area (Å²) in [6.07, 6.45) is -4.15. The number of fused-ring (bicyclic) bond motifs is 3. The molecule has 3 aliphatic rings. The molecule has 0 atom stereocenters. The van der Waals surface area contributed by atoms with Gasteiger partial charge in [0.2, 0.25) is 5.88 Å². The van der Waals surface area contributed by atoms with Crippen molar-refractivity contribution in [3.05, 3.63) is 17.8 Å². The lowest BCUT2D eigenvalue weighted by Crippen LogP contribution is -2.66. The molecule has 3 heterocycles. The van der Waals surface area contributed by atoms with E-state index >= 15 is 0 Å². The van der Waals surface area contributed by atoms with Gasteiger partial charge in [0, 0.05) is 6.07 Å². The highest BCUT2D eigenvalue weighted by Crippen LogP contribution is 2.51. The molecule has 0 aromatic carbocycles. The number of nitrogens with zero attached hydrogens (tertiary/aromatic N) is 1. The summed E-state index contributed by atoms with van der Waals surface area (Å²) in [7, 11) is 1.37. The topological polar surface area (TPSA) is 98.8 Å². The highest BCUT2D eigenvalue weighted by atomic mass is 19.4. The lowest BCUT2D eigenvalue weighted by atomic mass is 9.70. The van der Waals surface area contributed by atoms with Crippen LogP contribution in [0.1, 0.15) is 56.8 Å². The van der Waals surface area contributed by atoms with Crippen molar-refractivity contribution in [2.24, 2.45) is 0 Å². The van der Waals surface area contributed by atoms with Crippen LogP contribution >= 0.6 is 0 Å². The maximum Gasteiger partial charge on any atom is 0.417 e. The average Bonchev–Trinajstić information content (AvgIpc) is 2.67. The Morgan fingerprint density at radius 2 is 1.81 bits per heavy atom. The van der Waals surface area contributed by atoms with E-state index in [0.29, 0.717) is 0 Å². The van der Waals surface area contributed by atoms with Gasteiger partial charge in [-0.15, -0.1) is 0 Å². The molecule has 2 saturated heterocycles. The van der Waals surface area contributed by atoms with E-state index in [1.807, 2.05) is 0 Å². The normalized spacial score (nSPS) is 25.6. The number of hydrogen-bond donors (Lipinski definition) is 2. The van der Waals surface area contributed by atoms with E-state index in [2.05, 4.69) is 15.6 Å².